The number of anilines is 1. The summed E-state index contributed by atoms with van der Waals surface area (Å²) in [6.45, 7) is 5.30. The minimum absolute atomic E-state index is 0.131. The molecule has 12 heteroatoms. The second kappa shape index (κ2) is 11.4. The average molecular weight is 484 g/mol. The van der Waals surface area contributed by atoms with Crippen LogP contribution in [0.15, 0.2) is 35.7 Å². The maximum absolute atomic E-state index is 12.8. The van der Waals surface area contributed by atoms with E-state index in [-0.39, 0.29) is 13.0 Å². The molecule has 0 aliphatic carbocycles. The molecule has 1 heterocycles. The standard InChI is InChI=1S/C20H29N5O5S2/c1-20(2,3)30-19(27)24-15(11-7-8-12-22-32(21,28)29)17(26)25-18-23-16(13-31-18)14-9-5-4-6-10-14/h4-6,9-10,13,15,22H,7-8,11-12H2,1-3H3,(H,24,27)(H2,21,28,29)(H,23,25,26). The molecule has 1 atom stereocenters. The Balaban J connectivity index is 2.00. The van der Waals surface area contributed by atoms with Crippen molar-refractivity contribution in [2.24, 2.45) is 5.14 Å². The topological polar surface area (TPSA) is 153 Å². The van der Waals surface area contributed by atoms with Crippen LogP contribution in [0.1, 0.15) is 40.0 Å². The third kappa shape index (κ3) is 9.73. The van der Waals surface area contributed by atoms with E-state index in [1.807, 2.05) is 35.7 Å². The smallest absolute Gasteiger partial charge is 0.408 e. The average Bonchev–Trinajstić information content (AvgIpc) is 3.13. The molecule has 0 radical (unpaired) electrons. The van der Waals surface area contributed by atoms with Crippen LogP contribution in [0, 0.1) is 0 Å². The molecule has 0 spiro atoms. The molecule has 2 amide bonds. The zero-order valence-corrected chi connectivity index (χ0v) is 19.9. The van der Waals surface area contributed by atoms with Gasteiger partial charge in [0, 0.05) is 17.5 Å². The summed E-state index contributed by atoms with van der Waals surface area (Å²) in [5.41, 5.74) is 0.941. The maximum atomic E-state index is 12.8. The number of alkyl carbamates (subject to hydrolysis) is 1. The van der Waals surface area contributed by atoms with Crippen LogP contribution >= 0.6 is 11.3 Å². The van der Waals surface area contributed by atoms with Crippen molar-refractivity contribution in [2.75, 3.05) is 11.9 Å². The zero-order valence-electron chi connectivity index (χ0n) is 18.3. The first kappa shape index (κ1) is 25.7. The molecule has 2 aromatic rings. The van der Waals surface area contributed by atoms with Crippen molar-refractivity contribution in [1.29, 1.82) is 0 Å². The quantitative estimate of drug-likeness (QED) is 0.381. The first-order valence-electron chi connectivity index (χ1n) is 10.0. The number of nitrogens with one attached hydrogen (secondary N) is 3. The molecule has 1 aromatic carbocycles. The molecule has 0 saturated carbocycles. The molecule has 2 rings (SSSR count). The highest BCUT2D eigenvalue weighted by molar-refractivity contribution is 7.87. The second-order valence-electron chi connectivity index (χ2n) is 8.03. The van der Waals surface area contributed by atoms with Gasteiger partial charge in [0.2, 0.25) is 5.91 Å². The van der Waals surface area contributed by atoms with Crippen LogP contribution in [-0.4, -0.2) is 43.6 Å². The van der Waals surface area contributed by atoms with Crippen molar-refractivity contribution in [3.63, 3.8) is 0 Å². The van der Waals surface area contributed by atoms with Gasteiger partial charge in [-0.3, -0.25) is 4.79 Å². The Morgan fingerprint density at radius 1 is 1.19 bits per heavy atom. The van der Waals surface area contributed by atoms with E-state index in [1.54, 1.807) is 20.8 Å². The molecule has 0 saturated heterocycles. The third-order valence-corrected chi connectivity index (χ3v) is 5.40. The van der Waals surface area contributed by atoms with Crippen LogP contribution in [0.3, 0.4) is 0 Å². The molecule has 5 N–H and O–H groups in total. The number of nitrogens with two attached hydrogens (primary N) is 1. The van der Waals surface area contributed by atoms with Crippen LogP contribution in [0.5, 0.6) is 0 Å². The van der Waals surface area contributed by atoms with Gasteiger partial charge in [-0.05, 0) is 40.0 Å². The number of carbonyl (C=O) groups is 2. The molecule has 0 fully saturated rings. The Bertz CT molecular complexity index is 1000. The Morgan fingerprint density at radius 2 is 1.88 bits per heavy atom. The Morgan fingerprint density at radius 3 is 2.50 bits per heavy atom. The molecule has 0 aliphatic heterocycles. The third-order valence-electron chi connectivity index (χ3n) is 4.03. The van der Waals surface area contributed by atoms with Gasteiger partial charge in [0.25, 0.3) is 10.2 Å². The Kier molecular flexibility index (Phi) is 9.13. The minimum Gasteiger partial charge on any atom is -0.444 e. The minimum atomic E-state index is -3.77. The van der Waals surface area contributed by atoms with Gasteiger partial charge in [0.05, 0.1) is 5.69 Å². The Labute approximate surface area is 192 Å². The fraction of sp³-hybridized carbons (Fsp3) is 0.450. The number of hydrogen-bond acceptors (Lipinski definition) is 7. The van der Waals surface area contributed by atoms with Gasteiger partial charge >= 0.3 is 6.09 Å². The van der Waals surface area contributed by atoms with Gasteiger partial charge < -0.3 is 15.4 Å². The number of nitrogens with zero attached hydrogens (tertiary/aromatic N) is 1. The lowest BCUT2D eigenvalue weighted by Crippen LogP contribution is -2.45. The lowest BCUT2D eigenvalue weighted by molar-refractivity contribution is -0.118. The first-order chi connectivity index (χ1) is 14.9. The monoisotopic (exact) mass is 483 g/mol. The second-order valence-corrected chi connectivity index (χ2v) is 10.3. The number of rotatable bonds is 10. The number of ether oxygens (including phenoxy) is 1. The summed E-state index contributed by atoms with van der Waals surface area (Å²) in [6, 6.07) is 8.66. The summed E-state index contributed by atoms with van der Waals surface area (Å²) < 4.78 is 29.3. The predicted molar refractivity (Wildman–Crippen MR) is 124 cm³/mol. The van der Waals surface area contributed by atoms with E-state index in [1.165, 1.54) is 11.3 Å². The number of benzene rings is 1. The van der Waals surface area contributed by atoms with Crippen molar-refractivity contribution in [3.05, 3.63) is 35.7 Å². The summed E-state index contributed by atoms with van der Waals surface area (Å²) in [6.07, 6.45) is 0.452. The van der Waals surface area contributed by atoms with E-state index < -0.39 is 33.9 Å². The van der Waals surface area contributed by atoms with Gasteiger partial charge in [-0.15, -0.1) is 11.3 Å². The molecule has 1 aromatic heterocycles. The van der Waals surface area contributed by atoms with E-state index >= 15 is 0 Å². The molecule has 32 heavy (non-hydrogen) atoms. The van der Waals surface area contributed by atoms with Crippen LogP contribution in [0.2, 0.25) is 0 Å². The van der Waals surface area contributed by atoms with Gasteiger partial charge in [-0.2, -0.15) is 8.42 Å². The number of carbonyl (C=O) groups excluding carboxylic acids is 2. The number of aromatic nitrogens is 1. The molecule has 1 unspecified atom stereocenters. The zero-order chi connectivity index (χ0) is 23.8. The Hall–Kier alpha value is -2.54. The highest BCUT2D eigenvalue weighted by Crippen LogP contribution is 2.24. The van der Waals surface area contributed by atoms with Crippen molar-refractivity contribution >= 4 is 38.7 Å². The fourth-order valence-electron chi connectivity index (χ4n) is 2.67. The van der Waals surface area contributed by atoms with Crippen molar-refractivity contribution in [1.82, 2.24) is 15.0 Å². The molecule has 0 aliphatic rings. The number of thiazole rings is 1. The molecular formula is C20H29N5O5S2. The highest BCUT2D eigenvalue weighted by Gasteiger charge is 2.25. The SMILES string of the molecule is CC(C)(C)OC(=O)NC(CCCCNS(N)(=O)=O)C(=O)Nc1nc(-c2ccccc2)cs1. The van der Waals surface area contributed by atoms with Crippen molar-refractivity contribution in [2.45, 2.75) is 51.7 Å². The van der Waals surface area contributed by atoms with Crippen LogP contribution in [0.25, 0.3) is 11.3 Å². The van der Waals surface area contributed by atoms with Crippen LogP contribution in [0.4, 0.5) is 9.93 Å². The van der Waals surface area contributed by atoms with Crippen molar-refractivity contribution in [3.8, 4) is 11.3 Å². The number of hydrogen-bond donors (Lipinski definition) is 4. The van der Waals surface area contributed by atoms with Gasteiger partial charge in [0.1, 0.15) is 11.6 Å². The molecule has 10 nitrogen and oxygen atoms in total. The van der Waals surface area contributed by atoms with Crippen molar-refractivity contribution < 1.29 is 22.7 Å². The van der Waals surface area contributed by atoms with Gasteiger partial charge in [-0.1, -0.05) is 30.3 Å². The lowest BCUT2D eigenvalue weighted by Gasteiger charge is -2.23. The summed E-state index contributed by atoms with van der Waals surface area (Å²) >= 11 is 1.28. The van der Waals surface area contributed by atoms with E-state index in [9.17, 15) is 18.0 Å². The molecular weight excluding hydrogens is 454 g/mol. The number of unbranched alkanes of at least 4 members (excludes halogenated alkanes) is 1. The fourth-order valence-corrected chi connectivity index (χ4v) is 3.82. The summed E-state index contributed by atoms with van der Waals surface area (Å²) in [4.78, 5) is 29.5. The highest BCUT2D eigenvalue weighted by atomic mass is 32.2. The molecule has 0 bridgehead atoms. The van der Waals surface area contributed by atoms with E-state index in [0.29, 0.717) is 18.0 Å². The molecule has 176 valence electrons. The van der Waals surface area contributed by atoms with E-state index in [2.05, 4.69) is 20.3 Å². The maximum Gasteiger partial charge on any atom is 0.408 e. The van der Waals surface area contributed by atoms with E-state index in [0.717, 1.165) is 11.3 Å². The van der Waals surface area contributed by atoms with Crippen LogP contribution < -0.4 is 20.5 Å². The summed E-state index contributed by atoms with van der Waals surface area (Å²) in [5.74, 6) is -0.441. The number of amides is 2. The van der Waals surface area contributed by atoms with E-state index in [4.69, 9.17) is 9.88 Å². The van der Waals surface area contributed by atoms with Gasteiger partial charge in [0.15, 0.2) is 5.13 Å². The normalized spacial score (nSPS) is 12.8. The first-order valence-corrected chi connectivity index (χ1v) is 12.4. The lowest BCUT2D eigenvalue weighted by atomic mass is 10.1. The van der Waals surface area contributed by atoms with Crippen LogP contribution in [-0.2, 0) is 19.7 Å². The van der Waals surface area contributed by atoms with Gasteiger partial charge in [-0.25, -0.2) is 19.6 Å². The summed E-state index contributed by atoms with van der Waals surface area (Å²) in [5, 5.41) is 12.4. The largest absolute Gasteiger partial charge is 0.444 e. The summed E-state index contributed by atoms with van der Waals surface area (Å²) in [7, 11) is -3.77. The predicted octanol–water partition coefficient (Wildman–Crippen LogP) is 2.61.